The lowest BCUT2D eigenvalue weighted by Gasteiger charge is -2.24. The van der Waals surface area contributed by atoms with Crippen LogP contribution in [0.1, 0.15) is 77.6 Å². The van der Waals surface area contributed by atoms with E-state index in [2.05, 4.69) is 13.5 Å². The number of hydrogen-bond donors (Lipinski definition) is 0. The number of Topliss-reactive ketones (excluding diaryl/α,β-unsaturated/α-hetero) is 1. The fourth-order valence-corrected chi connectivity index (χ4v) is 2.71. The Morgan fingerprint density at radius 2 is 2.06 bits per heavy atom. The summed E-state index contributed by atoms with van der Waals surface area (Å²) >= 11 is 0. The van der Waals surface area contributed by atoms with Crippen LogP contribution in [0.25, 0.3) is 0 Å². The van der Waals surface area contributed by atoms with Crippen molar-refractivity contribution < 1.29 is 4.79 Å². The van der Waals surface area contributed by atoms with E-state index in [1.54, 1.807) is 0 Å². The second-order valence-corrected chi connectivity index (χ2v) is 5.49. The molecule has 0 spiro atoms. The van der Waals surface area contributed by atoms with Crippen molar-refractivity contribution in [2.75, 3.05) is 0 Å². The summed E-state index contributed by atoms with van der Waals surface area (Å²) in [5.41, 5.74) is 1.40. The van der Waals surface area contributed by atoms with Crippen LogP contribution in [0.2, 0.25) is 0 Å². The molecule has 0 bridgehead atoms. The van der Waals surface area contributed by atoms with Gasteiger partial charge in [-0.3, -0.25) is 4.79 Å². The molecule has 0 aromatic heterocycles. The van der Waals surface area contributed by atoms with Crippen LogP contribution in [0.5, 0.6) is 0 Å². The highest BCUT2D eigenvalue weighted by Crippen LogP contribution is 2.31. The third kappa shape index (κ3) is 6.05. The van der Waals surface area contributed by atoms with Crippen LogP contribution in [0.15, 0.2) is 12.2 Å². The second kappa shape index (κ2) is 8.49. The Balaban J connectivity index is 2.08. The van der Waals surface area contributed by atoms with Crippen molar-refractivity contribution in [2.45, 2.75) is 77.6 Å². The van der Waals surface area contributed by atoms with Gasteiger partial charge in [-0.25, -0.2) is 0 Å². The van der Waals surface area contributed by atoms with E-state index < -0.39 is 0 Å². The summed E-state index contributed by atoms with van der Waals surface area (Å²) in [6.07, 6.45) is 12.6. The first kappa shape index (κ1) is 14.5. The molecule has 1 saturated carbocycles. The van der Waals surface area contributed by atoms with Gasteiger partial charge in [0, 0.05) is 12.8 Å². The Hall–Kier alpha value is -0.590. The predicted octanol–water partition coefficient (Wildman–Crippen LogP) is 5.05. The fraction of sp³-hybridized carbons (Fsp3) is 0.812. The van der Waals surface area contributed by atoms with Gasteiger partial charge >= 0.3 is 0 Å². The maximum Gasteiger partial charge on any atom is 0.132 e. The summed E-state index contributed by atoms with van der Waals surface area (Å²) in [5.74, 6) is 1.11. The number of carbonyl (C=O) groups excluding carboxylic acids is 1. The van der Waals surface area contributed by atoms with Gasteiger partial charge in [-0.05, 0) is 38.0 Å². The highest BCUT2D eigenvalue weighted by Gasteiger charge is 2.17. The number of hydrogen-bond acceptors (Lipinski definition) is 1. The van der Waals surface area contributed by atoms with Crippen LogP contribution in [-0.4, -0.2) is 5.78 Å². The maximum absolute atomic E-state index is 11.7. The van der Waals surface area contributed by atoms with Crippen molar-refractivity contribution in [2.24, 2.45) is 5.92 Å². The van der Waals surface area contributed by atoms with Gasteiger partial charge in [0.25, 0.3) is 0 Å². The Morgan fingerprint density at radius 1 is 1.24 bits per heavy atom. The van der Waals surface area contributed by atoms with Gasteiger partial charge in [0.1, 0.15) is 5.78 Å². The summed E-state index contributed by atoms with van der Waals surface area (Å²) in [5, 5.41) is 0. The van der Waals surface area contributed by atoms with Crippen LogP contribution >= 0.6 is 0 Å². The van der Waals surface area contributed by atoms with Crippen molar-refractivity contribution in [3.05, 3.63) is 12.2 Å². The zero-order valence-electron chi connectivity index (χ0n) is 11.5. The van der Waals surface area contributed by atoms with E-state index in [0.717, 1.165) is 25.7 Å². The summed E-state index contributed by atoms with van der Waals surface area (Å²) in [7, 11) is 0. The summed E-state index contributed by atoms with van der Waals surface area (Å²) < 4.78 is 0. The average Bonchev–Trinajstić information content (AvgIpc) is 2.34. The minimum absolute atomic E-state index is 0.472. The van der Waals surface area contributed by atoms with Crippen LogP contribution in [0.4, 0.5) is 0 Å². The molecule has 1 fully saturated rings. The lowest BCUT2D eigenvalue weighted by atomic mass is 9.82. The average molecular weight is 236 g/mol. The van der Waals surface area contributed by atoms with Gasteiger partial charge in [0.05, 0.1) is 0 Å². The third-order valence-electron chi connectivity index (χ3n) is 3.96. The van der Waals surface area contributed by atoms with Crippen molar-refractivity contribution in [1.29, 1.82) is 0 Å². The van der Waals surface area contributed by atoms with Gasteiger partial charge in [-0.15, -0.1) is 0 Å². The minimum Gasteiger partial charge on any atom is -0.300 e. The number of unbranched alkanes of at least 4 members (excludes halogenated alkanes) is 3. The molecule has 0 heterocycles. The van der Waals surface area contributed by atoms with E-state index >= 15 is 0 Å². The molecule has 0 N–H and O–H groups in total. The molecule has 1 unspecified atom stereocenters. The Bertz CT molecular complexity index is 242. The van der Waals surface area contributed by atoms with Crippen molar-refractivity contribution in [3.8, 4) is 0 Å². The van der Waals surface area contributed by atoms with E-state index in [4.69, 9.17) is 0 Å². The van der Waals surface area contributed by atoms with Crippen LogP contribution < -0.4 is 0 Å². The molecule has 0 saturated heterocycles. The van der Waals surface area contributed by atoms with E-state index in [-0.39, 0.29) is 0 Å². The first-order chi connectivity index (χ1) is 8.24. The Labute approximate surface area is 107 Å². The first-order valence-electron chi connectivity index (χ1n) is 7.43. The largest absolute Gasteiger partial charge is 0.300 e. The lowest BCUT2D eigenvalue weighted by Crippen LogP contribution is -2.11. The Kier molecular flexibility index (Phi) is 7.23. The highest BCUT2D eigenvalue weighted by atomic mass is 16.1. The molecule has 1 aliphatic carbocycles. The molecule has 0 aliphatic heterocycles. The summed E-state index contributed by atoms with van der Waals surface area (Å²) in [4.78, 5) is 11.7. The molecule has 0 aromatic rings. The van der Waals surface area contributed by atoms with Gasteiger partial charge in [0.15, 0.2) is 0 Å². The highest BCUT2D eigenvalue weighted by molar-refractivity contribution is 5.78. The standard InChI is InChI=1S/C16H28O/c1-3-4-5-6-11-16(17)13-12-15-10-8-7-9-14(15)2/h15H,2-13H2,1H3. The maximum atomic E-state index is 11.7. The van der Waals surface area contributed by atoms with Crippen molar-refractivity contribution >= 4 is 5.78 Å². The molecular weight excluding hydrogens is 208 g/mol. The molecule has 0 radical (unpaired) electrons. The van der Waals surface area contributed by atoms with Crippen LogP contribution in [0, 0.1) is 5.92 Å². The minimum atomic E-state index is 0.472. The smallest absolute Gasteiger partial charge is 0.132 e. The first-order valence-corrected chi connectivity index (χ1v) is 7.43. The van der Waals surface area contributed by atoms with Crippen LogP contribution in [0.3, 0.4) is 0 Å². The lowest BCUT2D eigenvalue weighted by molar-refractivity contribution is -0.119. The van der Waals surface area contributed by atoms with Gasteiger partial charge in [-0.2, -0.15) is 0 Å². The SMILES string of the molecule is C=C1CCCCC1CCC(=O)CCCCCC. The number of ketones is 1. The molecule has 1 rings (SSSR count). The van der Waals surface area contributed by atoms with Gasteiger partial charge in [0.2, 0.25) is 0 Å². The molecule has 0 aromatic carbocycles. The van der Waals surface area contributed by atoms with Crippen molar-refractivity contribution in [3.63, 3.8) is 0 Å². The summed E-state index contributed by atoms with van der Waals surface area (Å²) in [6.45, 7) is 6.35. The fourth-order valence-electron chi connectivity index (χ4n) is 2.71. The predicted molar refractivity (Wildman–Crippen MR) is 74.1 cm³/mol. The zero-order chi connectivity index (χ0) is 12.5. The molecule has 1 nitrogen and oxygen atoms in total. The van der Waals surface area contributed by atoms with Gasteiger partial charge < -0.3 is 0 Å². The number of rotatable bonds is 8. The molecule has 98 valence electrons. The molecule has 1 atom stereocenters. The van der Waals surface area contributed by atoms with E-state index in [1.807, 2.05) is 0 Å². The normalized spacial score (nSPS) is 20.5. The van der Waals surface area contributed by atoms with E-state index in [1.165, 1.54) is 50.5 Å². The van der Waals surface area contributed by atoms with Crippen LogP contribution in [-0.2, 0) is 4.79 Å². The Morgan fingerprint density at radius 3 is 2.76 bits per heavy atom. The molecule has 1 heteroatoms. The topological polar surface area (TPSA) is 17.1 Å². The number of allylic oxidation sites excluding steroid dienone is 1. The second-order valence-electron chi connectivity index (χ2n) is 5.49. The number of carbonyl (C=O) groups is 1. The van der Waals surface area contributed by atoms with Gasteiger partial charge in [-0.1, -0.05) is 44.8 Å². The zero-order valence-corrected chi connectivity index (χ0v) is 11.5. The monoisotopic (exact) mass is 236 g/mol. The quantitative estimate of drug-likeness (QED) is 0.425. The molecule has 0 amide bonds. The third-order valence-corrected chi connectivity index (χ3v) is 3.96. The van der Waals surface area contributed by atoms with E-state index in [9.17, 15) is 4.79 Å². The van der Waals surface area contributed by atoms with Crippen molar-refractivity contribution in [1.82, 2.24) is 0 Å². The molecular formula is C16H28O. The summed E-state index contributed by atoms with van der Waals surface area (Å²) in [6, 6.07) is 0. The molecule has 1 aliphatic rings. The van der Waals surface area contributed by atoms with E-state index in [0.29, 0.717) is 11.7 Å². The molecule has 17 heavy (non-hydrogen) atoms.